The molecule has 0 bridgehead atoms. The first-order valence-corrected chi connectivity index (χ1v) is 8.56. The number of rotatable bonds is 6. The van der Waals surface area contributed by atoms with E-state index < -0.39 is 11.9 Å². The molecule has 130 valence electrons. The van der Waals surface area contributed by atoms with E-state index in [1.807, 2.05) is 6.92 Å². The van der Waals surface area contributed by atoms with Gasteiger partial charge in [0.05, 0.1) is 5.92 Å². The minimum absolute atomic E-state index is 0.0261. The fourth-order valence-corrected chi connectivity index (χ4v) is 3.28. The molecular weight excluding hydrogens is 299 g/mol. The zero-order valence-corrected chi connectivity index (χ0v) is 13.8. The predicted octanol–water partition coefficient (Wildman–Crippen LogP) is 0.460. The van der Waals surface area contributed by atoms with Crippen molar-refractivity contribution in [3.05, 3.63) is 0 Å². The van der Waals surface area contributed by atoms with Crippen molar-refractivity contribution < 1.29 is 24.0 Å². The second-order valence-corrected chi connectivity index (χ2v) is 6.21. The average Bonchev–Trinajstić information content (AvgIpc) is 2.93. The number of amides is 1. The lowest BCUT2D eigenvalue weighted by molar-refractivity contribution is -0.142. The molecule has 0 spiro atoms. The van der Waals surface area contributed by atoms with E-state index in [9.17, 15) is 14.7 Å². The SMILES string of the molecule is CCC(=O)N1C[C@H](CCCB2OCCNCCO2)[C@H](C(=O)O)C1. The molecular formula is C15H27BN2O5. The van der Waals surface area contributed by atoms with Crippen LogP contribution in [0.2, 0.25) is 6.32 Å². The molecule has 0 aromatic carbocycles. The molecule has 0 aromatic heterocycles. The van der Waals surface area contributed by atoms with Gasteiger partial charge in [-0.3, -0.25) is 9.59 Å². The van der Waals surface area contributed by atoms with E-state index in [-0.39, 0.29) is 18.9 Å². The highest BCUT2D eigenvalue weighted by atomic mass is 16.6. The van der Waals surface area contributed by atoms with Crippen LogP contribution in [0, 0.1) is 11.8 Å². The molecule has 0 unspecified atom stereocenters. The molecule has 2 heterocycles. The molecule has 2 aliphatic rings. The van der Waals surface area contributed by atoms with Gasteiger partial charge in [-0.25, -0.2) is 0 Å². The van der Waals surface area contributed by atoms with Crippen LogP contribution in [0.3, 0.4) is 0 Å². The normalized spacial score (nSPS) is 26.0. The van der Waals surface area contributed by atoms with Gasteiger partial charge in [0.1, 0.15) is 0 Å². The maximum atomic E-state index is 11.8. The molecule has 7 nitrogen and oxygen atoms in total. The number of carbonyl (C=O) groups excluding carboxylic acids is 1. The van der Waals surface area contributed by atoms with Crippen molar-refractivity contribution >= 4 is 19.0 Å². The number of likely N-dealkylation sites (tertiary alicyclic amines) is 1. The molecule has 1 amide bonds. The summed E-state index contributed by atoms with van der Waals surface area (Å²) in [4.78, 5) is 24.9. The Bertz CT molecular complexity index is 401. The number of aliphatic carboxylic acids is 1. The van der Waals surface area contributed by atoms with Gasteiger partial charge in [-0.05, 0) is 18.7 Å². The van der Waals surface area contributed by atoms with Gasteiger partial charge in [0, 0.05) is 45.8 Å². The molecule has 0 aliphatic carbocycles. The molecule has 0 saturated carbocycles. The Labute approximate surface area is 137 Å². The highest BCUT2D eigenvalue weighted by Gasteiger charge is 2.38. The van der Waals surface area contributed by atoms with Crippen molar-refractivity contribution in [3.8, 4) is 0 Å². The summed E-state index contributed by atoms with van der Waals surface area (Å²) in [6, 6.07) is 0. The van der Waals surface area contributed by atoms with E-state index in [0.29, 0.717) is 32.7 Å². The smallest absolute Gasteiger partial charge is 0.456 e. The second kappa shape index (κ2) is 9.25. The Kier molecular flexibility index (Phi) is 7.33. The zero-order valence-electron chi connectivity index (χ0n) is 13.8. The predicted molar refractivity (Wildman–Crippen MR) is 86.1 cm³/mol. The Morgan fingerprint density at radius 2 is 1.96 bits per heavy atom. The highest BCUT2D eigenvalue weighted by Crippen LogP contribution is 2.29. The van der Waals surface area contributed by atoms with Gasteiger partial charge in [-0.15, -0.1) is 0 Å². The van der Waals surface area contributed by atoms with Gasteiger partial charge in [-0.2, -0.15) is 0 Å². The van der Waals surface area contributed by atoms with E-state index in [2.05, 4.69) is 5.32 Å². The third-order valence-corrected chi connectivity index (χ3v) is 4.59. The fraction of sp³-hybridized carbons (Fsp3) is 0.867. The molecule has 2 fully saturated rings. The Morgan fingerprint density at radius 3 is 2.57 bits per heavy atom. The summed E-state index contributed by atoms with van der Waals surface area (Å²) in [5.41, 5.74) is 0. The Morgan fingerprint density at radius 1 is 1.26 bits per heavy atom. The van der Waals surface area contributed by atoms with Crippen LogP contribution in [0.1, 0.15) is 26.2 Å². The summed E-state index contributed by atoms with van der Waals surface area (Å²) in [6.07, 6.45) is 2.83. The van der Waals surface area contributed by atoms with Gasteiger partial charge in [0.2, 0.25) is 5.91 Å². The molecule has 2 rings (SSSR count). The number of hydrogen-bond acceptors (Lipinski definition) is 5. The molecule has 8 heteroatoms. The zero-order chi connectivity index (χ0) is 16.7. The van der Waals surface area contributed by atoms with E-state index in [0.717, 1.165) is 32.3 Å². The maximum absolute atomic E-state index is 11.8. The van der Waals surface area contributed by atoms with Crippen molar-refractivity contribution in [2.24, 2.45) is 11.8 Å². The van der Waals surface area contributed by atoms with Crippen LogP contribution in [0.15, 0.2) is 0 Å². The Hall–Kier alpha value is -1.12. The monoisotopic (exact) mass is 326 g/mol. The summed E-state index contributed by atoms with van der Waals surface area (Å²) >= 11 is 0. The van der Waals surface area contributed by atoms with Crippen molar-refractivity contribution in [1.82, 2.24) is 10.2 Å². The van der Waals surface area contributed by atoms with Gasteiger partial charge in [-0.1, -0.05) is 13.3 Å². The van der Waals surface area contributed by atoms with Crippen LogP contribution >= 0.6 is 0 Å². The first kappa shape index (κ1) is 18.2. The highest BCUT2D eigenvalue weighted by molar-refractivity contribution is 6.44. The van der Waals surface area contributed by atoms with Crippen LogP contribution in [0.5, 0.6) is 0 Å². The van der Waals surface area contributed by atoms with E-state index in [1.54, 1.807) is 4.90 Å². The van der Waals surface area contributed by atoms with Crippen molar-refractivity contribution in [1.29, 1.82) is 0 Å². The quantitative estimate of drug-likeness (QED) is 0.690. The summed E-state index contributed by atoms with van der Waals surface area (Å²) in [7, 11) is -0.199. The van der Waals surface area contributed by atoms with E-state index in [4.69, 9.17) is 9.31 Å². The lowest BCUT2D eigenvalue weighted by atomic mass is 9.79. The molecule has 2 atom stereocenters. The lowest BCUT2D eigenvalue weighted by Gasteiger charge is -2.20. The second-order valence-electron chi connectivity index (χ2n) is 6.21. The maximum Gasteiger partial charge on any atom is 0.456 e. The van der Waals surface area contributed by atoms with Crippen molar-refractivity contribution in [2.75, 3.05) is 39.4 Å². The molecule has 0 aromatic rings. The first-order valence-electron chi connectivity index (χ1n) is 8.56. The van der Waals surface area contributed by atoms with Gasteiger partial charge in [0.15, 0.2) is 0 Å². The van der Waals surface area contributed by atoms with E-state index >= 15 is 0 Å². The standard InChI is InChI=1S/C15H27BN2O5/c1-2-14(19)18-10-12(13(11-18)15(20)21)4-3-5-16-22-8-6-17-7-9-23-16/h12-13,17H,2-11H2,1H3,(H,20,21)/t12-,13+/m0/s1. The Balaban J connectivity index is 1.78. The molecule has 23 heavy (non-hydrogen) atoms. The number of carboxylic acid groups (broad SMARTS) is 1. The third kappa shape index (κ3) is 5.47. The largest absolute Gasteiger partial charge is 0.481 e. The number of nitrogens with zero attached hydrogens (tertiary/aromatic N) is 1. The first-order chi connectivity index (χ1) is 11.1. The topological polar surface area (TPSA) is 88.1 Å². The molecule has 2 N–H and O–H groups in total. The summed E-state index contributed by atoms with van der Waals surface area (Å²) in [5, 5.41) is 12.6. The third-order valence-electron chi connectivity index (χ3n) is 4.59. The lowest BCUT2D eigenvalue weighted by Crippen LogP contribution is -2.35. The summed E-state index contributed by atoms with van der Waals surface area (Å²) in [6.45, 7) is 5.63. The number of carbonyl (C=O) groups is 2. The van der Waals surface area contributed by atoms with Crippen molar-refractivity contribution in [3.63, 3.8) is 0 Å². The van der Waals surface area contributed by atoms with Crippen LogP contribution < -0.4 is 5.32 Å². The molecule has 2 saturated heterocycles. The van der Waals surface area contributed by atoms with Crippen LogP contribution in [0.25, 0.3) is 0 Å². The summed E-state index contributed by atoms with van der Waals surface area (Å²) in [5.74, 6) is -1.18. The minimum atomic E-state index is -0.800. The molecule has 0 radical (unpaired) electrons. The van der Waals surface area contributed by atoms with Crippen molar-refractivity contribution in [2.45, 2.75) is 32.5 Å². The minimum Gasteiger partial charge on any atom is -0.481 e. The van der Waals surface area contributed by atoms with Crippen LogP contribution in [0.4, 0.5) is 0 Å². The fourth-order valence-electron chi connectivity index (χ4n) is 3.28. The van der Waals surface area contributed by atoms with Gasteiger partial charge in [0.25, 0.3) is 0 Å². The molecule has 2 aliphatic heterocycles. The number of nitrogens with one attached hydrogen (secondary N) is 1. The van der Waals surface area contributed by atoms with Gasteiger partial charge >= 0.3 is 13.1 Å². The average molecular weight is 326 g/mol. The van der Waals surface area contributed by atoms with Crippen LogP contribution in [-0.4, -0.2) is 68.4 Å². The van der Waals surface area contributed by atoms with Gasteiger partial charge < -0.3 is 24.6 Å². The summed E-state index contributed by atoms with van der Waals surface area (Å²) < 4.78 is 11.3. The van der Waals surface area contributed by atoms with E-state index in [1.165, 1.54) is 0 Å². The number of hydrogen-bond donors (Lipinski definition) is 2. The van der Waals surface area contributed by atoms with Crippen LogP contribution in [-0.2, 0) is 18.9 Å². The number of carboxylic acids is 1.